The number of benzene rings is 3. The monoisotopic (exact) mass is 603 g/mol. The van der Waals surface area contributed by atoms with Gasteiger partial charge >= 0.3 is 11.7 Å². The van der Waals surface area contributed by atoms with E-state index in [1.807, 2.05) is 35.6 Å². The third-order valence-electron chi connectivity index (χ3n) is 5.44. The summed E-state index contributed by atoms with van der Waals surface area (Å²) in [6.07, 6.45) is 0. The first-order chi connectivity index (χ1) is 16.7. The van der Waals surface area contributed by atoms with Crippen LogP contribution in [0.3, 0.4) is 0 Å². The van der Waals surface area contributed by atoms with Crippen LogP contribution in [0.4, 0.5) is 5.69 Å². The standard InChI is InChI=1S/C24H19ClIN5O4/c1-14-12-15(13-30-24(35)31(28-27-30)20-9-4-3-7-17(20)25)10-11-19(14)29(2)22(32)21-16(23(33)34)6-5-8-18(21)26/h3-12H,13H2,1-2H3,(H,33,34). The second-order valence-corrected chi connectivity index (χ2v) is 9.30. The molecule has 0 saturated carbocycles. The van der Waals surface area contributed by atoms with Crippen LogP contribution in [0.25, 0.3) is 5.69 Å². The van der Waals surface area contributed by atoms with Crippen LogP contribution in [0.1, 0.15) is 31.8 Å². The van der Waals surface area contributed by atoms with Crippen LogP contribution < -0.4 is 10.6 Å². The van der Waals surface area contributed by atoms with E-state index in [2.05, 4.69) is 10.4 Å². The highest BCUT2D eigenvalue weighted by molar-refractivity contribution is 14.1. The molecule has 0 saturated heterocycles. The number of hydrogen-bond donors (Lipinski definition) is 1. The number of amides is 1. The van der Waals surface area contributed by atoms with Gasteiger partial charge in [0.05, 0.1) is 28.4 Å². The van der Waals surface area contributed by atoms with Gasteiger partial charge in [-0.2, -0.15) is 9.36 Å². The second kappa shape index (κ2) is 10.0. The first kappa shape index (κ1) is 24.6. The Morgan fingerprint density at radius 1 is 1.09 bits per heavy atom. The molecule has 0 atom stereocenters. The van der Waals surface area contributed by atoms with Gasteiger partial charge in [-0.1, -0.05) is 41.9 Å². The number of rotatable bonds is 6. The first-order valence-corrected chi connectivity index (χ1v) is 11.8. The van der Waals surface area contributed by atoms with Gasteiger partial charge in [0.2, 0.25) is 0 Å². The van der Waals surface area contributed by atoms with E-state index >= 15 is 0 Å². The molecule has 0 radical (unpaired) electrons. The van der Waals surface area contributed by atoms with Crippen LogP contribution in [0, 0.1) is 10.5 Å². The van der Waals surface area contributed by atoms with E-state index in [9.17, 15) is 19.5 Å². The van der Waals surface area contributed by atoms with Crippen molar-refractivity contribution >= 4 is 51.8 Å². The molecule has 1 amide bonds. The van der Waals surface area contributed by atoms with Crippen molar-refractivity contribution in [3.63, 3.8) is 0 Å². The maximum atomic E-state index is 13.2. The maximum Gasteiger partial charge on any atom is 0.368 e. The Morgan fingerprint density at radius 2 is 1.83 bits per heavy atom. The molecule has 0 aliphatic carbocycles. The summed E-state index contributed by atoms with van der Waals surface area (Å²) in [7, 11) is 1.60. The summed E-state index contributed by atoms with van der Waals surface area (Å²) in [4.78, 5) is 39.1. The average molecular weight is 604 g/mol. The van der Waals surface area contributed by atoms with Gasteiger partial charge in [0, 0.05) is 16.3 Å². The summed E-state index contributed by atoms with van der Waals surface area (Å²) >= 11 is 8.13. The van der Waals surface area contributed by atoms with Crippen molar-refractivity contribution in [3.8, 4) is 5.69 Å². The van der Waals surface area contributed by atoms with Gasteiger partial charge in [-0.25, -0.2) is 9.59 Å². The van der Waals surface area contributed by atoms with Crippen LogP contribution in [-0.4, -0.2) is 43.8 Å². The third kappa shape index (κ3) is 4.84. The third-order valence-corrected chi connectivity index (χ3v) is 6.66. The van der Waals surface area contributed by atoms with E-state index in [0.29, 0.717) is 20.0 Å². The molecule has 11 heteroatoms. The van der Waals surface area contributed by atoms with E-state index in [1.54, 1.807) is 55.6 Å². The largest absolute Gasteiger partial charge is 0.478 e. The molecule has 35 heavy (non-hydrogen) atoms. The lowest BCUT2D eigenvalue weighted by Gasteiger charge is -2.21. The summed E-state index contributed by atoms with van der Waals surface area (Å²) in [5, 5.41) is 17.8. The lowest BCUT2D eigenvalue weighted by molar-refractivity contribution is 0.0692. The summed E-state index contributed by atoms with van der Waals surface area (Å²) in [5.41, 5.74) is 2.24. The van der Waals surface area contributed by atoms with Crippen molar-refractivity contribution in [1.82, 2.24) is 19.8 Å². The normalized spacial score (nSPS) is 10.9. The highest BCUT2D eigenvalue weighted by atomic mass is 127. The Kier molecular flexibility index (Phi) is 7.03. The highest BCUT2D eigenvalue weighted by Gasteiger charge is 2.24. The van der Waals surface area contributed by atoms with Crippen molar-refractivity contribution in [2.24, 2.45) is 0 Å². The average Bonchev–Trinajstić information content (AvgIpc) is 3.18. The Bertz CT molecular complexity index is 1510. The number of aromatic carboxylic acids is 1. The molecule has 3 aromatic carbocycles. The van der Waals surface area contributed by atoms with E-state index in [1.165, 1.54) is 15.6 Å². The van der Waals surface area contributed by atoms with Crippen molar-refractivity contribution < 1.29 is 14.7 Å². The minimum atomic E-state index is -1.16. The molecule has 0 aliphatic rings. The van der Waals surface area contributed by atoms with Crippen molar-refractivity contribution in [2.45, 2.75) is 13.5 Å². The Balaban J connectivity index is 1.60. The SMILES string of the molecule is Cc1cc(Cn2nnn(-c3ccccc3Cl)c2=O)ccc1N(C)C(=O)c1c(I)cccc1C(=O)O. The van der Waals surface area contributed by atoms with Crippen LogP contribution in [-0.2, 0) is 6.54 Å². The molecule has 0 fully saturated rings. The minimum absolute atomic E-state index is 0.0518. The quantitative estimate of drug-likeness (QED) is 0.334. The molecule has 1 N–H and O–H groups in total. The smallest absolute Gasteiger partial charge is 0.368 e. The summed E-state index contributed by atoms with van der Waals surface area (Å²) < 4.78 is 2.91. The number of carboxylic acids is 1. The topological polar surface area (TPSA) is 110 Å². The molecular weight excluding hydrogens is 585 g/mol. The summed E-state index contributed by atoms with van der Waals surface area (Å²) in [6.45, 7) is 2.00. The number of tetrazole rings is 1. The van der Waals surface area contributed by atoms with E-state index < -0.39 is 17.6 Å². The number of nitrogens with zero attached hydrogens (tertiary/aromatic N) is 5. The molecular formula is C24H19ClIN5O4. The van der Waals surface area contributed by atoms with Gasteiger partial charge in [0.1, 0.15) is 0 Å². The number of aromatic nitrogens is 4. The number of para-hydroxylation sites is 1. The lowest BCUT2D eigenvalue weighted by atomic mass is 10.0. The van der Waals surface area contributed by atoms with Crippen molar-refractivity contribution in [1.29, 1.82) is 0 Å². The fraction of sp³-hybridized carbons (Fsp3) is 0.125. The maximum absolute atomic E-state index is 13.2. The predicted molar refractivity (Wildman–Crippen MR) is 140 cm³/mol. The Hall–Kier alpha value is -3.51. The van der Waals surface area contributed by atoms with Gasteiger partial charge in [-0.3, -0.25) is 4.79 Å². The molecule has 0 unspecified atom stereocenters. The van der Waals surface area contributed by atoms with Gasteiger partial charge in [-0.15, -0.1) is 0 Å². The minimum Gasteiger partial charge on any atom is -0.478 e. The fourth-order valence-electron chi connectivity index (χ4n) is 3.71. The van der Waals surface area contributed by atoms with Gasteiger partial charge in [0.15, 0.2) is 0 Å². The zero-order valence-electron chi connectivity index (χ0n) is 18.6. The highest BCUT2D eigenvalue weighted by Crippen LogP contribution is 2.26. The van der Waals surface area contributed by atoms with Crippen LogP contribution in [0.2, 0.25) is 5.02 Å². The Morgan fingerprint density at radius 3 is 2.51 bits per heavy atom. The molecule has 1 heterocycles. The van der Waals surface area contributed by atoms with E-state index in [4.69, 9.17) is 11.6 Å². The summed E-state index contributed by atoms with van der Waals surface area (Å²) in [6, 6.07) is 16.9. The first-order valence-electron chi connectivity index (χ1n) is 10.4. The number of halogens is 2. The lowest BCUT2D eigenvalue weighted by Crippen LogP contribution is -2.29. The molecule has 4 rings (SSSR count). The van der Waals surface area contributed by atoms with Crippen molar-refractivity contribution in [2.75, 3.05) is 11.9 Å². The number of hydrogen-bond acceptors (Lipinski definition) is 5. The van der Waals surface area contributed by atoms with Gasteiger partial charge in [-0.05, 0) is 81.4 Å². The predicted octanol–water partition coefficient (Wildman–Crippen LogP) is 4.02. The van der Waals surface area contributed by atoms with E-state index in [0.717, 1.165) is 15.8 Å². The number of carboxylic acid groups (broad SMARTS) is 1. The van der Waals surface area contributed by atoms with Crippen LogP contribution in [0.5, 0.6) is 0 Å². The van der Waals surface area contributed by atoms with E-state index in [-0.39, 0.29) is 17.7 Å². The molecule has 4 aromatic rings. The number of carbonyl (C=O) groups is 2. The number of aryl methyl sites for hydroxylation is 1. The molecule has 1 aromatic heterocycles. The van der Waals surface area contributed by atoms with Crippen LogP contribution >= 0.6 is 34.2 Å². The molecule has 9 nitrogen and oxygen atoms in total. The van der Waals surface area contributed by atoms with Gasteiger partial charge in [0.25, 0.3) is 5.91 Å². The Labute approximate surface area is 218 Å². The van der Waals surface area contributed by atoms with Crippen LogP contribution in [0.15, 0.2) is 65.5 Å². The fourth-order valence-corrected chi connectivity index (χ4v) is 4.65. The zero-order valence-corrected chi connectivity index (χ0v) is 21.6. The molecule has 0 spiro atoms. The van der Waals surface area contributed by atoms with Crippen molar-refractivity contribution in [3.05, 3.63) is 102 Å². The zero-order chi connectivity index (χ0) is 25.3. The summed E-state index contributed by atoms with van der Waals surface area (Å²) in [5.74, 6) is -1.59. The number of carbonyl (C=O) groups excluding carboxylic acids is 1. The van der Waals surface area contributed by atoms with Gasteiger partial charge < -0.3 is 10.0 Å². The molecule has 0 bridgehead atoms. The second-order valence-electron chi connectivity index (χ2n) is 7.73. The molecule has 178 valence electrons. The number of anilines is 1. The molecule has 0 aliphatic heterocycles.